The number of benzene rings is 1. The van der Waals surface area contributed by atoms with Gasteiger partial charge in [-0.3, -0.25) is 4.79 Å². The van der Waals surface area contributed by atoms with Crippen LogP contribution >= 0.6 is 0 Å². The Bertz CT molecular complexity index is 374. The molecule has 1 aromatic carbocycles. The number of methoxy groups -OCH3 is 1. The van der Waals surface area contributed by atoms with Crippen molar-refractivity contribution in [3.05, 3.63) is 29.8 Å². The number of rotatable bonds is 8. The lowest BCUT2D eigenvalue weighted by Gasteiger charge is -2.13. The summed E-state index contributed by atoms with van der Waals surface area (Å²) in [6, 6.07) is 7.41. The summed E-state index contributed by atoms with van der Waals surface area (Å²) in [5.41, 5.74) is 0.676. The zero-order valence-electron chi connectivity index (χ0n) is 11.4. The van der Waals surface area contributed by atoms with E-state index in [2.05, 4.69) is 6.92 Å². The molecule has 0 aliphatic carbocycles. The van der Waals surface area contributed by atoms with Gasteiger partial charge in [0.25, 0.3) is 0 Å². The maximum Gasteiger partial charge on any atom is 0.169 e. The van der Waals surface area contributed by atoms with E-state index in [4.69, 9.17) is 9.47 Å². The van der Waals surface area contributed by atoms with E-state index in [0.29, 0.717) is 24.5 Å². The van der Waals surface area contributed by atoms with E-state index in [9.17, 15) is 4.79 Å². The lowest BCUT2D eigenvalue weighted by atomic mass is 9.95. The molecule has 3 nitrogen and oxygen atoms in total. The van der Waals surface area contributed by atoms with Gasteiger partial charge >= 0.3 is 0 Å². The summed E-state index contributed by atoms with van der Waals surface area (Å²) in [7, 11) is 1.63. The van der Waals surface area contributed by atoms with Crippen molar-refractivity contribution in [3.8, 4) is 5.75 Å². The highest BCUT2D eigenvalue weighted by Gasteiger charge is 2.18. The third kappa shape index (κ3) is 4.15. The first-order chi connectivity index (χ1) is 8.70. The highest BCUT2D eigenvalue weighted by Crippen LogP contribution is 2.23. The minimum absolute atomic E-state index is 0.0437. The second-order valence-electron chi connectivity index (χ2n) is 4.39. The van der Waals surface area contributed by atoms with Crippen LogP contribution in [-0.4, -0.2) is 26.1 Å². The second-order valence-corrected chi connectivity index (χ2v) is 4.39. The zero-order valence-corrected chi connectivity index (χ0v) is 11.4. The Hall–Kier alpha value is -1.35. The summed E-state index contributed by atoms with van der Waals surface area (Å²) < 4.78 is 10.5. The van der Waals surface area contributed by atoms with E-state index >= 15 is 0 Å². The molecule has 1 rings (SSSR count). The molecule has 100 valence electrons. The van der Waals surface area contributed by atoms with Crippen LogP contribution in [0, 0.1) is 5.92 Å². The maximum absolute atomic E-state index is 12.3. The molecule has 18 heavy (non-hydrogen) atoms. The Labute approximate surface area is 109 Å². The predicted molar refractivity (Wildman–Crippen MR) is 72.2 cm³/mol. The average molecular weight is 250 g/mol. The molecule has 0 spiro atoms. The SMILES string of the molecule is CCCC(C)C(=O)c1ccccc1OCCOC. The van der Waals surface area contributed by atoms with Gasteiger partial charge in [0.2, 0.25) is 0 Å². The molecule has 3 heteroatoms. The Kier molecular flexibility index (Phi) is 6.44. The molecule has 0 bridgehead atoms. The van der Waals surface area contributed by atoms with Gasteiger partial charge in [-0.05, 0) is 18.6 Å². The first-order valence-electron chi connectivity index (χ1n) is 6.45. The van der Waals surface area contributed by atoms with Gasteiger partial charge in [0.05, 0.1) is 12.2 Å². The number of ketones is 1. The van der Waals surface area contributed by atoms with Gasteiger partial charge in [0.1, 0.15) is 12.4 Å². The molecule has 0 saturated heterocycles. The number of para-hydroxylation sites is 1. The monoisotopic (exact) mass is 250 g/mol. The van der Waals surface area contributed by atoms with Crippen LogP contribution in [-0.2, 0) is 4.74 Å². The van der Waals surface area contributed by atoms with Crippen molar-refractivity contribution in [2.45, 2.75) is 26.7 Å². The summed E-state index contributed by atoms with van der Waals surface area (Å²) >= 11 is 0. The van der Waals surface area contributed by atoms with E-state index in [1.807, 2.05) is 31.2 Å². The molecule has 1 atom stereocenters. The summed E-state index contributed by atoms with van der Waals surface area (Å²) in [6.45, 7) is 5.04. The van der Waals surface area contributed by atoms with Crippen molar-refractivity contribution in [2.75, 3.05) is 20.3 Å². The van der Waals surface area contributed by atoms with Gasteiger partial charge < -0.3 is 9.47 Å². The Morgan fingerprint density at radius 2 is 2.00 bits per heavy atom. The zero-order chi connectivity index (χ0) is 13.4. The second kappa shape index (κ2) is 7.88. The molecule has 0 aliphatic rings. The molecule has 0 radical (unpaired) electrons. The van der Waals surface area contributed by atoms with Gasteiger partial charge in [0, 0.05) is 13.0 Å². The molecule has 0 aromatic heterocycles. The smallest absolute Gasteiger partial charge is 0.169 e. The molecule has 1 aromatic rings. The predicted octanol–water partition coefficient (Wildman–Crippen LogP) is 3.33. The summed E-state index contributed by atoms with van der Waals surface area (Å²) in [6.07, 6.45) is 1.92. The minimum Gasteiger partial charge on any atom is -0.490 e. The molecular weight excluding hydrogens is 228 g/mol. The van der Waals surface area contributed by atoms with Crippen molar-refractivity contribution in [1.29, 1.82) is 0 Å². The van der Waals surface area contributed by atoms with Gasteiger partial charge in [-0.15, -0.1) is 0 Å². The first kappa shape index (κ1) is 14.7. The molecule has 0 fully saturated rings. The fourth-order valence-corrected chi connectivity index (χ4v) is 1.86. The van der Waals surface area contributed by atoms with Crippen molar-refractivity contribution in [2.24, 2.45) is 5.92 Å². The van der Waals surface area contributed by atoms with Crippen LogP contribution < -0.4 is 4.74 Å². The van der Waals surface area contributed by atoms with Crippen molar-refractivity contribution >= 4 is 5.78 Å². The Morgan fingerprint density at radius 1 is 1.28 bits per heavy atom. The van der Waals surface area contributed by atoms with Crippen LogP contribution in [0.2, 0.25) is 0 Å². The molecule has 0 aliphatic heterocycles. The number of carbonyl (C=O) groups excluding carboxylic acids is 1. The van der Waals surface area contributed by atoms with Crippen LogP contribution in [0.5, 0.6) is 5.75 Å². The standard InChI is InChI=1S/C15H22O3/c1-4-7-12(2)15(16)13-8-5-6-9-14(13)18-11-10-17-3/h5-6,8-9,12H,4,7,10-11H2,1-3H3. The van der Waals surface area contributed by atoms with Crippen molar-refractivity contribution in [1.82, 2.24) is 0 Å². The lowest BCUT2D eigenvalue weighted by molar-refractivity contribution is 0.0916. The van der Waals surface area contributed by atoms with Gasteiger partial charge in [0.15, 0.2) is 5.78 Å². The molecular formula is C15H22O3. The summed E-state index contributed by atoms with van der Waals surface area (Å²) in [5, 5.41) is 0. The largest absolute Gasteiger partial charge is 0.490 e. The number of hydrogen-bond acceptors (Lipinski definition) is 3. The van der Waals surface area contributed by atoms with Gasteiger partial charge in [-0.25, -0.2) is 0 Å². The van der Waals surface area contributed by atoms with E-state index in [1.54, 1.807) is 7.11 Å². The number of Topliss-reactive ketones (excluding diaryl/α,β-unsaturated/α-hetero) is 1. The van der Waals surface area contributed by atoms with Gasteiger partial charge in [-0.2, -0.15) is 0 Å². The maximum atomic E-state index is 12.3. The van der Waals surface area contributed by atoms with Crippen LogP contribution in [0.4, 0.5) is 0 Å². The normalized spacial score (nSPS) is 12.2. The molecule has 0 amide bonds. The quantitative estimate of drug-likeness (QED) is 0.524. The third-order valence-corrected chi connectivity index (χ3v) is 2.87. The van der Waals surface area contributed by atoms with Crippen LogP contribution in [0.1, 0.15) is 37.0 Å². The molecule has 1 unspecified atom stereocenters. The van der Waals surface area contributed by atoms with Crippen molar-refractivity contribution in [3.63, 3.8) is 0 Å². The van der Waals surface area contributed by atoms with Crippen LogP contribution in [0.25, 0.3) is 0 Å². The topological polar surface area (TPSA) is 35.5 Å². The van der Waals surface area contributed by atoms with Crippen LogP contribution in [0.15, 0.2) is 24.3 Å². The number of carbonyl (C=O) groups is 1. The fraction of sp³-hybridized carbons (Fsp3) is 0.533. The number of ether oxygens (including phenoxy) is 2. The van der Waals surface area contributed by atoms with E-state index in [1.165, 1.54) is 0 Å². The van der Waals surface area contributed by atoms with Crippen molar-refractivity contribution < 1.29 is 14.3 Å². The van der Waals surface area contributed by atoms with E-state index < -0.39 is 0 Å². The van der Waals surface area contributed by atoms with E-state index in [0.717, 1.165) is 12.8 Å². The first-order valence-corrected chi connectivity index (χ1v) is 6.45. The van der Waals surface area contributed by atoms with Gasteiger partial charge in [-0.1, -0.05) is 32.4 Å². The molecule has 0 heterocycles. The number of hydrogen-bond donors (Lipinski definition) is 0. The highest BCUT2D eigenvalue weighted by atomic mass is 16.5. The van der Waals surface area contributed by atoms with E-state index in [-0.39, 0.29) is 11.7 Å². The Balaban J connectivity index is 2.77. The lowest BCUT2D eigenvalue weighted by Crippen LogP contribution is -2.14. The van der Waals surface area contributed by atoms with Crippen LogP contribution in [0.3, 0.4) is 0 Å². The fourth-order valence-electron chi connectivity index (χ4n) is 1.86. The molecule has 0 saturated carbocycles. The Morgan fingerprint density at radius 3 is 2.67 bits per heavy atom. The average Bonchev–Trinajstić information content (AvgIpc) is 2.39. The highest BCUT2D eigenvalue weighted by molar-refractivity contribution is 6.00. The summed E-state index contributed by atoms with van der Waals surface area (Å²) in [4.78, 5) is 12.3. The minimum atomic E-state index is 0.0437. The molecule has 0 N–H and O–H groups in total. The third-order valence-electron chi connectivity index (χ3n) is 2.87. The summed E-state index contributed by atoms with van der Waals surface area (Å²) in [5.74, 6) is 0.856.